The summed E-state index contributed by atoms with van der Waals surface area (Å²) >= 11 is 6.25. The molecule has 0 aliphatic carbocycles. The molecule has 0 amide bonds. The quantitative estimate of drug-likeness (QED) is 0.0611. The molecule has 0 fully saturated rings. The first-order valence-corrected chi connectivity index (χ1v) is 16.3. The van der Waals surface area contributed by atoms with E-state index >= 15 is 4.39 Å². The zero-order valence-electron chi connectivity index (χ0n) is 26.9. The van der Waals surface area contributed by atoms with Crippen LogP contribution in [0.15, 0.2) is 58.4 Å². The van der Waals surface area contributed by atoms with E-state index in [1.807, 2.05) is 45.0 Å². The average Bonchev–Trinajstić information content (AvgIpc) is 3.44. The van der Waals surface area contributed by atoms with Gasteiger partial charge < -0.3 is 27.5 Å². The smallest absolute Gasteiger partial charge is 0.354 e. The number of aromatic nitrogens is 3. The van der Waals surface area contributed by atoms with E-state index in [1.54, 1.807) is 24.4 Å². The number of hydrogen-bond acceptors (Lipinski definition) is 6. The number of rotatable bonds is 15. The van der Waals surface area contributed by atoms with Gasteiger partial charge in [-0.15, -0.1) is 0 Å². The van der Waals surface area contributed by atoms with Crippen molar-refractivity contribution in [2.75, 3.05) is 19.6 Å². The molecule has 0 bridgehead atoms. The third kappa shape index (κ3) is 9.96. The summed E-state index contributed by atoms with van der Waals surface area (Å²) in [6.07, 6.45) is 7.05. The van der Waals surface area contributed by atoms with Crippen molar-refractivity contribution in [2.24, 2.45) is 22.2 Å². The van der Waals surface area contributed by atoms with Crippen molar-refractivity contribution in [1.82, 2.24) is 19.9 Å². The monoisotopic (exact) mass is 638 g/mol. The number of halogens is 2. The summed E-state index contributed by atoms with van der Waals surface area (Å²) in [6, 6.07) is 13.4. The molecule has 9 nitrogen and oxygen atoms in total. The highest BCUT2D eigenvalue weighted by Crippen LogP contribution is 2.31. The van der Waals surface area contributed by atoms with E-state index in [0.29, 0.717) is 40.4 Å². The van der Waals surface area contributed by atoms with Crippen molar-refractivity contribution in [3.63, 3.8) is 0 Å². The number of fused-ring (bicyclic) bond motifs is 1. The second kappa shape index (κ2) is 17.8. The molecule has 0 aliphatic heterocycles. The maximum Gasteiger partial charge on any atom is 0.354 e. The van der Waals surface area contributed by atoms with Crippen LogP contribution in [-0.4, -0.2) is 46.0 Å². The normalized spacial score (nSPS) is 13.0. The molecular weight excluding hydrogens is 591 g/mol. The van der Waals surface area contributed by atoms with E-state index in [2.05, 4.69) is 27.2 Å². The van der Waals surface area contributed by atoms with E-state index in [0.717, 1.165) is 56.2 Å². The van der Waals surface area contributed by atoms with Gasteiger partial charge in [0.1, 0.15) is 11.5 Å². The number of nitrogens with two attached hydrogens (primary N) is 3. The molecule has 4 rings (SSSR count). The van der Waals surface area contributed by atoms with Crippen LogP contribution in [0, 0.1) is 5.82 Å². The van der Waals surface area contributed by atoms with Crippen LogP contribution in [0.5, 0.6) is 0 Å². The minimum absolute atomic E-state index is 0.0558. The Hall–Kier alpha value is -3.57. The van der Waals surface area contributed by atoms with Gasteiger partial charge in [-0.3, -0.25) is 9.56 Å². The van der Waals surface area contributed by atoms with Crippen molar-refractivity contribution in [2.45, 2.75) is 78.3 Å². The zero-order valence-corrected chi connectivity index (χ0v) is 27.6. The molecule has 0 aliphatic rings. The number of amidine groups is 1. The van der Waals surface area contributed by atoms with E-state index in [1.165, 1.54) is 4.57 Å². The largest absolute Gasteiger partial charge is 0.386 e. The summed E-state index contributed by atoms with van der Waals surface area (Å²) in [6.45, 7) is 9.82. The van der Waals surface area contributed by atoms with Crippen molar-refractivity contribution >= 4 is 28.5 Å². The molecule has 2 heterocycles. The molecule has 0 spiro atoms. The van der Waals surface area contributed by atoms with Gasteiger partial charge in [0.05, 0.1) is 22.9 Å². The topological polar surface area (TPSA) is 153 Å². The van der Waals surface area contributed by atoms with Crippen LogP contribution in [-0.2, 0) is 6.42 Å². The molecule has 4 aromatic rings. The Bertz CT molecular complexity index is 1600. The van der Waals surface area contributed by atoms with Crippen LogP contribution >= 0.6 is 11.6 Å². The maximum atomic E-state index is 15.1. The molecule has 2 aromatic carbocycles. The van der Waals surface area contributed by atoms with E-state index in [-0.39, 0.29) is 23.7 Å². The Kier molecular flexibility index (Phi) is 14.2. The van der Waals surface area contributed by atoms with E-state index in [9.17, 15) is 4.79 Å². The summed E-state index contributed by atoms with van der Waals surface area (Å²) in [5, 5.41) is 4.33. The van der Waals surface area contributed by atoms with Gasteiger partial charge in [-0.1, -0.05) is 50.9 Å². The van der Waals surface area contributed by atoms with Crippen molar-refractivity contribution in [3.05, 3.63) is 81.1 Å². The Morgan fingerprint density at radius 1 is 1.16 bits per heavy atom. The fourth-order valence-corrected chi connectivity index (χ4v) is 5.37. The lowest BCUT2D eigenvalue weighted by Gasteiger charge is -2.19. The van der Waals surface area contributed by atoms with Crippen LogP contribution in [0.4, 0.5) is 4.39 Å². The zero-order chi connectivity index (χ0) is 32.9. The number of benzene rings is 2. The van der Waals surface area contributed by atoms with Gasteiger partial charge in [0, 0.05) is 35.8 Å². The third-order valence-electron chi connectivity index (χ3n) is 7.41. The van der Waals surface area contributed by atoms with Gasteiger partial charge in [0.25, 0.3) is 0 Å². The van der Waals surface area contributed by atoms with Crippen molar-refractivity contribution in [1.29, 1.82) is 0 Å². The summed E-state index contributed by atoms with van der Waals surface area (Å²) in [5.74, 6) is -0.0494. The molecule has 8 N–H and O–H groups in total. The van der Waals surface area contributed by atoms with Gasteiger partial charge in [-0.05, 0) is 87.0 Å². The lowest BCUT2D eigenvalue weighted by molar-refractivity contribution is 0.490. The number of H-pyrrole nitrogens is 1. The standard InChI is InChI=1S/C32H42ClFN8O.C2H6/c1-3-6-27(38-13-5-14-39-29(37)18-35)22-9-11-24(12-10-22)42-19-23-17-28(40-31(23)41-32(42)43)25-15-21(8-4-7-20(2)36)16-26(33)30(25)34;1-2/h9-12,15-17,19-20,27,38H,3-8,13-14,18,35-36H2,1-2H3,(H2,37,39)(H,40,41,43);1-2H3. The molecule has 45 heavy (non-hydrogen) atoms. The number of nitrogens with one attached hydrogen (secondary N) is 2. The Morgan fingerprint density at radius 2 is 1.89 bits per heavy atom. The summed E-state index contributed by atoms with van der Waals surface area (Å²) in [4.78, 5) is 24.6. The average molecular weight is 639 g/mol. The molecule has 2 atom stereocenters. The molecule has 2 aromatic heterocycles. The minimum Gasteiger partial charge on any atom is -0.386 e. The first-order chi connectivity index (χ1) is 21.7. The fraction of sp³-hybridized carbons (Fsp3) is 0.441. The van der Waals surface area contributed by atoms with Crippen molar-refractivity contribution in [3.8, 4) is 16.9 Å². The Labute approximate surface area is 270 Å². The van der Waals surface area contributed by atoms with Gasteiger partial charge in [-0.2, -0.15) is 4.98 Å². The molecule has 244 valence electrons. The molecule has 11 heteroatoms. The second-order valence-corrected chi connectivity index (χ2v) is 11.4. The van der Waals surface area contributed by atoms with E-state index in [4.69, 9.17) is 28.8 Å². The SMILES string of the molecule is CC.CCCC(NCCCN=C(N)CN)c1ccc(-n2cc3cc(-c4cc(CCCC(C)N)cc(Cl)c4F)[nH]c3nc2=O)cc1. The lowest BCUT2D eigenvalue weighted by Crippen LogP contribution is -2.25. The highest BCUT2D eigenvalue weighted by atomic mass is 35.5. The van der Waals surface area contributed by atoms with Crippen LogP contribution in [0.3, 0.4) is 0 Å². The van der Waals surface area contributed by atoms with Crippen LogP contribution in [0.2, 0.25) is 5.02 Å². The van der Waals surface area contributed by atoms with Gasteiger partial charge in [-0.25, -0.2) is 9.18 Å². The maximum absolute atomic E-state index is 15.1. The number of aliphatic imine (C=N–C) groups is 1. The highest BCUT2D eigenvalue weighted by molar-refractivity contribution is 6.31. The second-order valence-electron chi connectivity index (χ2n) is 11.0. The van der Waals surface area contributed by atoms with Gasteiger partial charge >= 0.3 is 5.69 Å². The predicted octanol–water partition coefficient (Wildman–Crippen LogP) is 6.01. The molecule has 0 saturated heterocycles. The number of aromatic amines is 1. The van der Waals surface area contributed by atoms with Gasteiger partial charge in [0.2, 0.25) is 0 Å². The Morgan fingerprint density at radius 3 is 2.56 bits per heavy atom. The number of hydrogen-bond donors (Lipinski definition) is 5. The lowest BCUT2D eigenvalue weighted by atomic mass is 10.0. The highest BCUT2D eigenvalue weighted by Gasteiger charge is 2.16. The van der Waals surface area contributed by atoms with Crippen LogP contribution in [0.1, 0.15) is 77.0 Å². The summed E-state index contributed by atoms with van der Waals surface area (Å²) in [7, 11) is 0. The summed E-state index contributed by atoms with van der Waals surface area (Å²) in [5.41, 5.74) is 20.6. The van der Waals surface area contributed by atoms with Crippen molar-refractivity contribution < 1.29 is 4.39 Å². The third-order valence-corrected chi connectivity index (χ3v) is 7.69. The van der Waals surface area contributed by atoms with Crippen LogP contribution < -0.4 is 28.2 Å². The number of nitrogens with zero attached hydrogens (tertiary/aromatic N) is 3. The van der Waals surface area contributed by atoms with Crippen LogP contribution in [0.25, 0.3) is 28.0 Å². The first-order valence-electron chi connectivity index (χ1n) is 15.9. The number of aryl methyl sites for hydroxylation is 1. The molecule has 2 unspecified atom stereocenters. The van der Waals surface area contributed by atoms with Gasteiger partial charge in [0.15, 0.2) is 5.82 Å². The molecule has 0 saturated carbocycles. The molecular formula is C34H48ClFN8O. The minimum atomic E-state index is -0.516. The molecule has 0 radical (unpaired) electrons. The first kappa shape index (κ1) is 35.9. The predicted molar refractivity (Wildman–Crippen MR) is 186 cm³/mol. The summed E-state index contributed by atoms with van der Waals surface area (Å²) < 4.78 is 16.6. The van der Waals surface area contributed by atoms with E-state index < -0.39 is 11.5 Å². The fourth-order valence-electron chi connectivity index (χ4n) is 5.12. The Balaban J connectivity index is 0.00000271.